The molecule has 2 aliphatic rings. The molecule has 2 N–H and O–H groups in total. The highest BCUT2D eigenvalue weighted by Gasteiger charge is 2.44. The number of fused-ring (bicyclic) bond motifs is 2. The number of nitrogens with zero attached hydrogens (tertiary/aromatic N) is 1. The van der Waals surface area contributed by atoms with Crippen molar-refractivity contribution in [1.82, 2.24) is 4.90 Å². The van der Waals surface area contributed by atoms with Gasteiger partial charge in [-0.3, -0.25) is 5.73 Å². The van der Waals surface area contributed by atoms with E-state index in [-0.39, 0.29) is 0 Å². The molecule has 1 aromatic rings. The minimum absolute atomic E-state index is 0.354. The molecule has 0 bridgehead atoms. The van der Waals surface area contributed by atoms with E-state index in [1.54, 1.807) is 0 Å². The molecule has 0 aromatic heterocycles. The van der Waals surface area contributed by atoms with Gasteiger partial charge in [-0.05, 0) is 37.2 Å². The number of rotatable bonds is 0. The lowest BCUT2D eigenvalue weighted by Crippen LogP contribution is -2.62. The average molecular weight is 253 g/mol. The maximum Gasteiger partial charge on any atom is 0.164 e. The van der Waals surface area contributed by atoms with Crippen LogP contribution in [0.3, 0.4) is 0 Å². The molecule has 0 saturated carbocycles. The van der Waals surface area contributed by atoms with Crippen molar-refractivity contribution < 1.29 is 4.74 Å². The van der Waals surface area contributed by atoms with E-state index in [2.05, 4.69) is 11.9 Å². The van der Waals surface area contributed by atoms with Gasteiger partial charge in [0.15, 0.2) is 5.72 Å². The molecule has 17 heavy (non-hydrogen) atoms. The van der Waals surface area contributed by atoms with Crippen LogP contribution >= 0.6 is 11.6 Å². The van der Waals surface area contributed by atoms with Crippen molar-refractivity contribution in [3.8, 4) is 5.75 Å². The molecule has 2 aliphatic heterocycles. The SMILES string of the molecule is CN1CCC2(N)Oc3ccc(Cl)cc3CC2C1. The first kappa shape index (κ1) is 11.3. The van der Waals surface area contributed by atoms with Crippen molar-refractivity contribution in [1.29, 1.82) is 0 Å². The second-order valence-corrected chi connectivity index (χ2v) is 5.66. The van der Waals surface area contributed by atoms with Crippen LogP contribution in [-0.4, -0.2) is 30.8 Å². The van der Waals surface area contributed by atoms with Crippen LogP contribution in [0, 0.1) is 5.92 Å². The number of benzene rings is 1. The van der Waals surface area contributed by atoms with Crippen LogP contribution in [0.2, 0.25) is 5.02 Å². The maximum absolute atomic E-state index is 6.40. The molecule has 1 saturated heterocycles. The second kappa shape index (κ2) is 3.87. The summed E-state index contributed by atoms with van der Waals surface area (Å²) in [4.78, 5) is 2.31. The predicted octanol–water partition coefficient (Wildman–Crippen LogP) is 1.88. The van der Waals surface area contributed by atoms with Crippen molar-refractivity contribution in [2.75, 3.05) is 20.1 Å². The summed E-state index contributed by atoms with van der Waals surface area (Å²) in [6, 6.07) is 5.78. The molecule has 3 nitrogen and oxygen atoms in total. The third-order valence-electron chi connectivity index (χ3n) is 3.90. The van der Waals surface area contributed by atoms with E-state index < -0.39 is 5.72 Å². The zero-order chi connectivity index (χ0) is 12.0. The number of hydrogen-bond donors (Lipinski definition) is 1. The fourth-order valence-corrected chi connectivity index (χ4v) is 3.04. The monoisotopic (exact) mass is 252 g/mol. The third kappa shape index (κ3) is 1.92. The van der Waals surface area contributed by atoms with Crippen molar-refractivity contribution in [2.45, 2.75) is 18.6 Å². The highest BCUT2D eigenvalue weighted by atomic mass is 35.5. The Bertz CT molecular complexity index is 451. The molecule has 2 atom stereocenters. The quantitative estimate of drug-likeness (QED) is 0.766. The summed E-state index contributed by atoms with van der Waals surface area (Å²) in [5.41, 5.74) is 7.08. The second-order valence-electron chi connectivity index (χ2n) is 5.22. The van der Waals surface area contributed by atoms with Gasteiger partial charge in [0.1, 0.15) is 5.75 Å². The zero-order valence-electron chi connectivity index (χ0n) is 9.95. The standard InChI is InChI=1S/C13H17ClN2O/c1-16-5-4-13(15)10(8-16)6-9-7-11(14)2-3-12(9)17-13/h2-3,7,10H,4-6,8,15H2,1H3. The van der Waals surface area contributed by atoms with Gasteiger partial charge in [-0.25, -0.2) is 0 Å². The summed E-state index contributed by atoms with van der Waals surface area (Å²) in [6.07, 6.45) is 1.84. The maximum atomic E-state index is 6.40. The molecular weight excluding hydrogens is 236 g/mol. The highest BCUT2D eigenvalue weighted by molar-refractivity contribution is 6.30. The van der Waals surface area contributed by atoms with Gasteiger partial charge in [-0.15, -0.1) is 0 Å². The topological polar surface area (TPSA) is 38.5 Å². The van der Waals surface area contributed by atoms with E-state index in [1.807, 2.05) is 18.2 Å². The van der Waals surface area contributed by atoms with Gasteiger partial charge in [0, 0.05) is 30.5 Å². The van der Waals surface area contributed by atoms with Crippen LogP contribution in [0.15, 0.2) is 18.2 Å². The van der Waals surface area contributed by atoms with E-state index in [4.69, 9.17) is 22.1 Å². The van der Waals surface area contributed by atoms with Crippen LogP contribution in [0.4, 0.5) is 0 Å². The van der Waals surface area contributed by atoms with Crippen LogP contribution in [0.1, 0.15) is 12.0 Å². The normalized spacial score (nSPS) is 32.5. The van der Waals surface area contributed by atoms with Gasteiger partial charge in [0.25, 0.3) is 0 Å². The van der Waals surface area contributed by atoms with Crippen molar-refractivity contribution >= 4 is 11.6 Å². The molecule has 0 aliphatic carbocycles. The Kier molecular flexibility index (Phi) is 2.58. The molecular formula is C13H17ClN2O. The van der Waals surface area contributed by atoms with Crippen LogP contribution in [-0.2, 0) is 6.42 Å². The van der Waals surface area contributed by atoms with Gasteiger partial charge in [0.05, 0.1) is 0 Å². The summed E-state index contributed by atoms with van der Waals surface area (Å²) in [5, 5.41) is 0.765. The lowest BCUT2D eigenvalue weighted by atomic mass is 9.81. The Morgan fingerprint density at radius 2 is 2.35 bits per heavy atom. The molecule has 3 rings (SSSR count). The molecule has 2 heterocycles. The van der Waals surface area contributed by atoms with Crippen LogP contribution < -0.4 is 10.5 Å². The summed E-state index contributed by atoms with van der Waals surface area (Å²) in [5.74, 6) is 1.25. The van der Waals surface area contributed by atoms with E-state index in [9.17, 15) is 0 Å². The number of ether oxygens (including phenoxy) is 1. The minimum Gasteiger partial charge on any atom is -0.472 e. The largest absolute Gasteiger partial charge is 0.472 e. The summed E-state index contributed by atoms with van der Waals surface area (Å²) in [6.45, 7) is 1.98. The summed E-state index contributed by atoms with van der Waals surface area (Å²) < 4.78 is 6.02. The van der Waals surface area contributed by atoms with Gasteiger partial charge >= 0.3 is 0 Å². The smallest absolute Gasteiger partial charge is 0.164 e. The Morgan fingerprint density at radius 1 is 1.53 bits per heavy atom. The molecule has 92 valence electrons. The van der Waals surface area contributed by atoms with Crippen LogP contribution in [0.25, 0.3) is 0 Å². The van der Waals surface area contributed by atoms with Crippen LogP contribution in [0.5, 0.6) is 5.75 Å². The van der Waals surface area contributed by atoms with Gasteiger partial charge in [-0.2, -0.15) is 0 Å². The first-order valence-electron chi connectivity index (χ1n) is 6.02. The number of piperidine rings is 1. The fraction of sp³-hybridized carbons (Fsp3) is 0.538. The average Bonchev–Trinajstić information content (AvgIpc) is 2.28. The third-order valence-corrected chi connectivity index (χ3v) is 4.13. The predicted molar refractivity (Wildman–Crippen MR) is 68.3 cm³/mol. The summed E-state index contributed by atoms with van der Waals surface area (Å²) >= 11 is 6.02. The van der Waals surface area contributed by atoms with Crippen molar-refractivity contribution in [3.05, 3.63) is 28.8 Å². The lowest BCUT2D eigenvalue weighted by molar-refractivity contribution is -0.0528. The zero-order valence-corrected chi connectivity index (χ0v) is 10.7. The molecule has 0 radical (unpaired) electrons. The van der Waals surface area contributed by atoms with Gasteiger partial charge < -0.3 is 9.64 Å². The summed E-state index contributed by atoms with van der Waals surface area (Å²) in [7, 11) is 2.13. The van der Waals surface area contributed by atoms with Gasteiger partial charge in [-0.1, -0.05) is 11.6 Å². The van der Waals surface area contributed by atoms with E-state index in [1.165, 1.54) is 5.56 Å². The van der Waals surface area contributed by atoms with Crippen molar-refractivity contribution in [3.63, 3.8) is 0 Å². The molecule has 0 spiro atoms. The minimum atomic E-state index is -0.493. The molecule has 2 unspecified atom stereocenters. The number of hydrogen-bond acceptors (Lipinski definition) is 3. The first-order valence-corrected chi connectivity index (χ1v) is 6.39. The highest BCUT2D eigenvalue weighted by Crippen LogP contribution is 2.39. The van der Waals surface area contributed by atoms with E-state index in [0.29, 0.717) is 5.92 Å². The Labute approximate surface area is 106 Å². The number of nitrogens with two attached hydrogens (primary N) is 1. The molecule has 1 aromatic carbocycles. The van der Waals surface area contributed by atoms with E-state index >= 15 is 0 Å². The van der Waals surface area contributed by atoms with Gasteiger partial charge in [0.2, 0.25) is 0 Å². The number of halogens is 1. The Hall–Kier alpha value is -0.770. The molecule has 0 amide bonds. The Balaban J connectivity index is 1.95. The molecule has 1 fully saturated rings. The number of likely N-dealkylation sites (tertiary alicyclic amines) is 1. The lowest BCUT2D eigenvalue weighted by Gasteiger charge is -2.47. The van der Waals surface area contributed by atoms with E-state index in [0.717, 1.165) is 36.7 Å². The molecule has 4 heteroatoms. The Morgan fingerprint density at radius 3 is 3.18 bits per heavy atom. The first-order chi connectivity index (χ1) is 8.07. The fourth-order valence-electron chi connectivity index (χ4n) is 2.84. The van der Waals surface area contributed by atoms with Crippen molar-refractivity contribution in [2.24, 2.45) is 11.7 Å².